The van der Waals surface area contributed by atoms with Crippen LogP contribution in [-0.4, -0.2) is 14.9 Å². The van der Waals surface area contributed by atoms with Crippen molar-refractivity contribution in [2.24, 2.45) is 7.05 Å². The molecule has 2 aromatic rings. The molecule has 0 spiro atoms. The molecule has 0 amide bonds. The number of aliphatic hydroxyl groups excluding tert-OH is 1. The van der Waals surface area contributed by atoms with Crippen molar-refractivity contribution in [2.45, 2.75) is 26.6 Å². The molecular formula is C14H19N3O. The molecule has 18 heavy (non-hydrogen) atoms. The molecule has 0 aliphatic rings. The summed E-state index contributed by atoms with van der Waals surface area (Å²) in [5.74, 6) is 0. The molecule has 4 nitrogen and oxygen atoms in total. The van der Waals surface area contributed by atoms with Gasteiger partial charge in [0, 0.05) is 20.1 Å². The van der Waals surface area contributed by atoms with Gasteiger partial charge in [0.1, 0.15) is 0 Å². The van der Waals surface area contributed by atoms with Crippen molar-refractivity contribution in [1.82, 2.24) is 15.1 Å². The normalized spacial score (nSPS) is 10.8. The number of aryl methyl sites for hydroxylation is 2. The van der Waals surface area contributed by atoms with Gasteiger partial charge in [-0.15, -0.1) is 0 Å². The Morgan fingerprint density at radius 3 is 2.67 bits per heavy atom. The fraction of sp³-hybridized carbons (Fsp3) is 0.357. The second-order valence-electron chi connectivity index (χ2n) is 4.48. The van der Waals surface area contributed by atoms with E-state index >= 15 is 0 Å². The monoisotopic (exact) mass is 245 g/mol. The van der Waals surface area contributed by atoms with Gasteiger partial charge in [0.15, 0.2) is 0 Å². The van der Waals surface area contributed by atoms with Gasteiger partial charge in [0.05, 0.1) is 18.0 Å². The van der Waals surface area contributed by atoms with Gasteiger partial charge in [-0.05, 0) is 24.1 Å². The number of nitrogens with one attached hydrogen (secondary N) is 1. The van der Waals surface area contributed by atoms with Gasteiger partial charge < -0.3 is 10.4 Å². The van der Waals surface area contributed by atoms with Crippen molar-refractivity contribution >= 4 is 0 Å². The third-order valence-electron chi connectivity index (χ3n) is 2.91. The first kappa shape index (κ1) is 12.8. The summed E-state index contributed by atoms with van der Waals surface area (Å²) in [4.78, 5) is 0. The van der Waals surface area contributed by atoms with E-state index in [1.165, 1.54) is 11.3 Å². The van der Waals surface area contributed by atoms with Crippen LogP contribution in [0.3, 0.4) is 0 Å². The number of hydrogen-bond donors (Lipinski definition) is 2. The SMILES string of the molecule is Cc1cc(CNCc2cccc(CO)c2)n(C)n1. The molecule has 2 N–H and O–H groups in total. The van der Waals surface area contributed by atoms with Crippen LogP contribution in [0.2, 0.25) is 0 Å². The predicted molar refractivity (Wildman–Crippen MR) is 70.9 cm³/mol. The minimum atomic E-state index is 0.0920. The van der Waals surface area contributed by atoms with Gasteiger partial charge in [0.25, 0.3) is 0 Å². The minimum absolute atomic E-state index is 0.0920. The van der Waals surface area contributed by atoms with Crippen molar-refractivity contribution < 1.29 is 5.11 Å². The predicted octanol–water partition coefficient (Wildman–Crippen LogP) is 1.51. The van der Waals surface area contributed by atoms with Crippen molar-refractivity contribution in [1.29, 1.82) is 0 Å². The van der Waals surface area contributed by atoms with Gasteiger partial charge in [-0.1, -0.05) is 24.3 Å². The van der Waals surface area contributed by atoms with Crippen LogP contribution in [0.15, 0.2) is 30.3 Å². The summed E-state index contributed by atoms with van der Waals surface area (Å²) in [5.41, 5.74) is 4.34. The minimum Gasteiger partial charge on any atom is -0.392 e. The molecule has 0 radical (unpaired) electrons. The number of aromatic nitrogens is 2. The second-order valence-corrected chi connectivity index (χ2v) is 4.48. The molecule has 0 bridgehead atoms. The van der Waals surface area contributed by atoms with E-state index in [1.54, 1.807) is 0 Å². The van der Waals surface area contributed by atoms with Crippen molar-refractivity contribution in [2.75, 3.05) is 0 Å². The number of benzene rings is 1. The Balaban J connectivity index is 1.90. The lowest BCUT2D eigenvalue weighted by Gasteiger charge is -2.06. The highest BCUT2D eigenvalue weighted by atomic mass is 16.3. The Morgan fingerprint density at radius 1 is 1.22 bits per heavy atom. The molecule has 4 heteroatoms. The smallest absolute Gasteiger partial charge is 0.0681 e. The van der Waals surface area contributed by atoms with Crippen LogP contribution < -0.4 is 5.32 Å². The molecular weight excluding hydrogens is 226 g/mol. The Kier molecular flexibility index (Phi) is 4.12. The first-order valence-corrected chi connectivity index (χ1v) is 6.08. The quantitative estimate of drug-likeness (QED) is 0.839. The zero-order valence-electron chi connectivity index (χ0n) is 10.8. The number of aliphatic hydroxyl groups is 1. The van der Waals surface area contributed by atoms with E-state index in [-0.39, 0.29) is 6.61 Å². The lowest BCUT2D eigenvalue weighted by Crippen LogP contribution is -2.15. The standard InChI is InChI=1S/C14H19N3O/c1-11-6-14(17(2)16-11)9-15-8-12-4-3-5-13(7-12)10-18/h3-7,15,18H,8-10H2,1-2H3. The molecule has 0 atom stereocenters. The molecule has 0 saturated carbocycles. The summed E-state index contributed by atoms with van der Waals surface area (Å²) in [5, 5.41) is 16.8. The van der Waals surface area contributed by atoms with Crippen LogP contribution in [-0.2, 0) is 26.7 Å². The fourth-order valence-electron chi connectivity index (χ4n) is 2.00. The van der Waals surface area contributed by atoms with E-state index in [0.717, 1.165) is 24.3 Å². The maximum Gasteiger partial charge on any atom is 0.0681 e. The Morgan fingerprint density at radius 2 is 2.00 bits per heavy atom. The molecule has 0 unspecified atom stereocenters. The highest BCUT2D eigenvalue weighted by Crippen LogP contribution is 2.06. The van der Waals surface area contributed by atoms with Crippen molar-refractivity contribution in [3.8, 4) is 0 Å². The van der Waals surface area contributed by atoms with Crippen LogP contribution >= 0.6 is 0 Å². The van der Waals surface area contributed by atoms with E-state index in [2.05, 4.69) is 22.5 Å². The maximum atomic E-state index is 9.07. The first-order valence-electron chi connectivity index (χ1n) is 6.08. The van der Waals surface area contributed by atoms with Crippen LogP contribution in [0.1, 0.15) is 22.5 Å². The third-order valence-corrected chi connectivity index (χ3v) is 2.91. The summed E-state index contributed by atoms with van der Waals surface area (Å²) in [7, 11) is 1.95. The summed E-state index contributed by atoms with van der Waals surface area (Å²) in [6, 6.07) is 10.0. The van der Waals surface area contributed by atoms with E-state index in [0.29, 0.717) is 0 Å². The van der Waals surface area contributed by atoms with Gasteiger partial charge in [-0.25, -0.2) is 0 Å². The molecule has 1 aromatic carbocycles. The van der Waals surface area contributed by atoms with E-state index in [9.17, 15) is 0 Å². The summed E-state index contributed by atoms with van der Waals surface area (Å²) in [6.45, 7) is 3.67. The van der Waals surface area contributed by atoms with E-state index in [1.807, 2.05) is 36.9 Å². The second kappa shape index (κ2) is 5.80. The third kappa shape index (κ3) is 3.18. The summed E-state index contributed by atoms with van der Waals surface area (Å²) in [6.07, 6.45) is 0. The van der Waals surface area contributed by atoms with Crippen molar-refractivity contribution in [3.63, 3.8) is 0 Å². The first-order chi connectivity index (χ1) is 8.69. The zero-order chi connectivity index (χ0) is 13.0. The lowest BCUT2D eigenvalue weighted by atomic mass is 10.1. The highest BCUT2D eigenvalue weighted by molar-refractivity contribution is 5.22. The summed E-state index contributed by atoms with van der Waals surface area (Å²) < 4.78 is 1.90. The van der Waals surface area contributed by atoms with Gasteiger partial charge in [0.2, 0.25) is 0 Å². The molecule has 2 rings (SSSR count). The molecule has 0 saturated heterocycles. The summed E-state index contributed by atoms with van der Waals surface area (Å²) >= 11 is 0. The molecule has 1 heterocycles. The fourth-order valence-corrected chi connectivity index (χ4v) is 2.00. The number of nitrogens with zero attached hydrogens (tertiary/aromatic N) is 2. The Bertz CT molecular complexity index is 520. The highest BCUT2D eigenvalue weighted by Gasteiger charge is 2.01. The average Bonchev–Trinajstić information content (AvgIpc) is 2.68. The lowest BCUT2D eigenvalue weighted by molar-refractivity contribution is 0.281. The molecule has 0 aliphatic heterocycles. The van der Waals surface area contributed by atoms with Crippen LogP contribution in [0.5, 0.6) is 0 Å². The molecule has 0 fully saturated rings. The van der Waals surface area contributed by atoms with Gasteiger partial charge >= 0.3 is 0 Å². The topological polar surface area (TPSA) is 50.1 Å². The number of hydrogen-bond acceptors (Lipinski definition) is 3. The Hall–Kier alpha value is -1.65. The average molecular weight is 245 g/mol. The van der Waals surface area contributed by atoms with Crippen LogP contribution in [0.4, 0.5) is 0 Å². The molecule has 96 valence electrons. The van der Waals surface area contributed by atoms with Crippen LogP contribution in [0.25, 0.3) is 0 Å². The molecule has 1 aromatic heterocycles. The molecule has 0 aliphatic carbocycles. The Labute approximate surface area is 107 Å². The van der Waals surface area contributed by atoms with Crippen LogP contribution in [0, 0.1) is 6.92 Å². The van der Waals surface area contributed by atoms with E-state index < -0.39 is 0 Å². The van der Waals surface area contributed by atoms with E-state index in [4.69, 9.17) is 5.11 Å². The van der Waals surface area contributed by atoms with Gasteiger partial charge in [-0.3, -0.25) is 4.68 Å². The largest absolute Gasteiger partial charge is 0.392 e. The zero-order valence-corrected chi connectivity index (χ0v) is 10.8. The van der Waals surface area contributed by atoms with Gasteiger partial charge in [-0.2, -0.15) is 5.10 Å². The maximum absolute atomic E-state index is 9.07. The number of rotatable bonds is 5. The van der Waals surface area contributed by atoms with Crippen molar-refractivity contribution in [3.05, 3.63) is 52.8 Å².